The number of aromatic amines is 1. The number of hydrogen-bond acceptors (Lipinski definition) is 6. The Hall–Kier alpha value is -1.51. The minimum absolute atomic E-state index is 0.102. The summed E-state index contributed by atoms with van der Waals surface area (Å²) in [6, 6.07) is 7.15. The quantitative estimate of drug-likeness (QED) is 0.476. The van der Waals surface area contributed by atoms with E-state index in [1.165, 1.54) is 0 Å². The van der Waals surface area contributed by atoms with Crippen molar-refractivity contribution < 1.29 is 38.3 Å². The summed E-state index contributed by atoms with van der Waals surface area (Å²) in [5.41, 5.74) is 0.521. The van der Waals surface area contributed by atoms with Crippen LogP contribution in [0.3, 0.4) is 0 Å². The first-order valence-corrected chi connectivity index (χ1v) is 5.54. The molecule has 0 bridgehead atoms. The van der Waals surface area contributed by atoms with Gasteiger partial charge >= 0.3 is 11.4 Å². The van der Waals surface area contributed by atoms with E-state index in [0.29, 0.717) is 16.9 Å². The minimum atomic E-state index is -4.94. The van der Waals surface area contributed by atoms with Gasteiger partial charge in [0.2, 0.25) is 0 Å². The predicted molar refractivity (Wildman–Crippen MR) is 43.8 cm³/mol. The maximum absolute atomic E-state index is 11.3. The molecule has 1 aromatic heterocycles. The highest BCUT2D eigenvalue weighted by molar-refractivity contribution is 5.74. The largest absolute Gasteiger partial charge is 0.424 e. The van der Waals surface area contributed by atoms with Gasteiger partial charge in [-0.1, -0.05) is 12.1 Å². The predicted octanol–water partition coefficient (Wildman–Crippen LogP) is -3.84. The van der Waals surface area contributed by atoms with Crippen LogP contribution in [0.5, 0.6) is 0 Å². The van der Waals surface area contributed by atoms with Crippen LogP contribution in [-0.2, 0) is 0 Å². The van der Waals surface area contributed by atoms with Crippen LogP contribution in [0, 0.1) is 17.2 Å². The lowest BCUT2D eigenvalue weighted by atomic mass is 10.2. The molecule has 7 nitrogen and oxygen atoms in total. The number of benzene rings is 1. The Bertz CT molecular complexity index is 555. The van der Waals surface area contributed by atoms with E-state index in [1.807, 2.05) is 12.1 Å². The van der Waals surface area contributed by atoms with Crippen molar-refractivity contribution in [2.75, 3.05) is 0 Å². The van der Waals surface area contributed by atoms with Gasteiger partial charge in [0.15, 0.2) is 5.58 Å². The molecule has 0 aliphatic rings. The molecule has 2 rings (SSSR count). The van der Waals surface area contributed by atoms with Gasteiger partial charge in [-0.3, -0.25) is 0 Å². The van der Waals surface area contributed by atoms with Crippen LogP contribution in [0.15, 0.2) is 33.5 Å². The Morgan fingerprint density at radius 1 is 1.18 bits per heavy atom. The number of aryl methyl sites for hydroxylation is 1. The topological polar surface area (TPSA) is 137 Å². The highest BCUT2D eigenvalue weighted by Gasteiger charge is 2.06. The Kier molecular flexibility index (Phi) is 4.16. The van der Waals surface area contributed by atoms with Crippen LogP contribution in [0.2, 0.25) is 0 Å². The molecule has 1 aromatic carbocycles. The fourth-order valence-electron chi connectivity index (χ4n) is 1.16. The van der Waals surface area contributed by atoms with Gasteiger partial charge in [0.1, 0.15) is 5.39 Å². The van der Waals surface area contributed by atoms with Gasteiger partial charge in [0, 0.05) is 0 Å². The first kappa shape index (κ1) is 13.6. The number of H-pyrrole nitrogens is 1. The summed E-state index contributed by atoms with van der Waals surface area (Å²) in [6.45, 7) is 1.72. The summed E-state index contributed by atoms with van der Waals surface area (Å²) < 4.78 is 39.3. The molecule has 0 unspecified atom stereocenters. The summed E-state index contributed by atoms with van der Waals surface area (Å²) in [5.74, 6) is 0.527. The van der Waals surface area contributed by atoms with E-state index in [1.54, 1.807) is 19.1 Å². The van der Waals surface area contributed by atoms with Crippen LogP contribution in [0.4, 0.5) is 0 Å². The molecular weight excluding hydrogens is 254 g/mol. The van der Waals surface area contributed by atoms with Gasteiger partial charge in [-0.2, -0.15) is 0 Å². The number of hydrogen-bond donors (Lipinski definition) is 0. The highest BCUT2D eigenvalue weighted by atomic mass is 35.7. The molecule has 0 radical (unpaired) electrons. The van der Waals surface area contributed by atoms with Crippen molar-refractivity contribution in [3.8, 4) is 0 Å². The highest BCUT2D eigenvalue weighted by Crippen LogP contribution is 2.06. The van der Waals surface area contributed by atoms with Gasteiger partial charge in [-0.15, -0.1) is 15.2 Å². The van der Waals surface area contributed by atoms with Crippen LogP contribution in [0.25, 0.3) is 11.0 Å². The summed E-state index contributed by atoms with van der Waals surface area (Å²) in [4.78, 5) is 13.9. The molecule has 0 aliphatic heterocycles. The van der Waals surface area contributed by atoms with E-state index < -0.39 is 10.2 Å². The SMILES string of the molecule is Cc1[nH+]c(=O)c2ccccc2o1.[O-][Cl+3]([O-])([O-])[O-]. The van der Waals surface area contributed by atoms with Crippen molar-refractivity contribution >= 4 is 11.0 Å². The molecule has 0 aliphatic carbocycles. The van der Waals surface area contributed by atoms with Crippen LogP contribution < -0.4 is 29.2 Å². The number of aromatic nitrogens is 1. The molecule has 2 aromatic rings. The molecule has 92 valence electrons. The fourth-order valence-corrected chi connectivity index (χ4v) is 1.16. The monoisotopic (exact) mass is 261 g/mol. The van der Waals surface area contributed by atoms with Gasteiger partial charge in [-0.25, -0.2) is 23.4 Å². The van der Waals surface area contributed by atoms with Gasteiger partial charge in [-0.05, 0) is 12.1 Å². The lowest BCUT2D eigenvalue weighted by Gasteiger charge is -2.17. The average Bonchev–Trinajstić information content (AvgIpc) is 2.14. The van der Waals surface area contributed by atoms with Crippen molar-refractivity contribution in [1.82, 2.24) is 0 Å². The van der Waals surface area contributed by atoms with Crippen molar-refractivity contribution in [3.05, 3.63) is 40.5 Å². The zero-order valence-corrected chi connectivity index (χ0v) is 9.39. The molecule has 8 heteroatoms. The van der Waals surface area contributed by atoms with Gasteiger partial charge in [0.25, 0.3) is 0 Å². The first-order valence-electron chi connectivity index (χ1n) is 4.31. The molecule has 0 saturated carbocycles. The second-order valence-electron chi connectivity index (χ2n) is 2.99. The number of para-hydroxylation sites is 1. The maximum atomic E-state index is 11.3. The van der Waals surface area contributed by atoms with E-state index in [2.05, 4.69) is 4.98 Å². The molecule has 0 atom stereocenters. The number of nitrogens with one attached hydrogen (secondary N) is 1. The second-order valence-corrected chi connectivity index (χ2v) is 3.74. The van der Waals surface area contributed by atoms with E-state index in [9.17, 15) is 4.79 Å². The molecular formula is C9H8ClNO6. The summed E-state index contributed by atoms with van der Waals surface area (Å²) in [6.07, 6.45) is 0. The van der Waals surface area contributed by atoms with E-state index in [4.69, 9.17) is 23.1 Å². The molecule has 0 fully saturated rings. The lowest BCUT2D eigenvalue weighted by molar-refractivity contribution is -2.00. The Morgan fingerprint density at radius 2 is 1.71 bits per heavy atom. The van der Waals surface area contributed by atoms with Crippen molar-refractivity contribution in [1.29, 1.82) is 0 Å². The fraction of sp³-hybridized carbons (Fsp3) is 0.111. The number of halogens is 1. The van der Waals surface area contributed by atoms with Crippen LogP contribution in [0.1, 0.15) is 5.89 Å². The first-order chi connectivity index (χ1) is 7.77. The molecule has 0 spiro atoms. The normalized spacial score (nSPS) is 10.9. The Labute approximate surface area is 97.3 Å². The van der Waals surface area contributed by atoms with Crippen molar-refractivity contribution in [3.63, 3.8) is 0 Å². The third-order valence-electron chi connectivity index (χ3n) is 1.68. The molecule has 0 amide bonds. The van der Waals surface area contributed by atoms with E-state index >= 15 is 0 Å². The molecule has 1 heterocycles. The van der Waals surface area contributed by atoms with Crippen LogP contribution >= 0.6 is 0 Å². The molecule has 17 heavy (non-hydrogen) atoms. The minimum Gasteiger partial charge on any atom is -0.408 e. The van der Waals surface area contributed by atoms with Crippen molar-refractivity contribution in [2.45, 2.75) is 6.92 Å². The second kappa shape index (κ2) is 5.21. The Morgan fingerprint density at radius 3 is 2.29 bits per heavy atom. The summed E-state index contributed by atoms with van der Waals surface area (Å²) >= 11 is 0. The summed E-state index contributed by atoms with van der Waals surface area (Å²) in [5, 5.41) is 0.586. The van der Waals surface area contributed by atoms with E-state index in [-0.39, 0.29) is 5.56 Å². The van der Waals surface area contributed by atoms with Crippen LogP contribution in [-0.4, -0.2) is 0 Å². The number of fused-ring (bicyclic) bond motifs is 1. The smallest absolute Gasteiger partial charge is 0.408 e. The van der Waals surface area contributed by atoms with Gasteiger partial charge in [0.05, 0.1) is 6.92 Å². The third kappa shape index (κ3) is 4.89. The summed E-state index contributed by atoms with van der Waals surface area (Å²) in [7, 11) is -4.94. The zero-order valence-electron chi connectivity index (χ0n) is 8.64. The van der Waals surface area contributed by atoms with Crippen molar-refractivity contribution in [2.24, 2.45) is 0 Å². The van der Waals surface area contributed by atoms with E-state index in [0.717, 1.165) is 0 Å². The Balaban J connectivity index is 0.000000249. The number of rotatable bonds is 0. The zero-order chi connectivity index (χ0) is 13.1. The standard InChI is InChI=1S/C9H7NO2.ClHO4/c1-6-10-9(11)7-4-2-3-5-8(7)12-6;2-1(3,4)5/h2-5H,1H3;(H,2,3,4,5). The lowest BCUT2D eigenvalue weighted by Crippen LogP contribution is -2.68. The third-order valence-corrected chi connectivity index (χ3v) is 1.68. The average molecular weight is 262 g/mol. The molecule has 0 saturated heterocycles. The molecule has 1 N–H and O–H groups in total. The maximum Gasteiger partial charge on any atom is 0.424 e. The van der Waals surface area contributed by atoms with Gasteiger partial charge < -0.3 is 4.42 Å².